The zero-order chi connectivity index (χ0) is 53.3. The van der Waals surface area contributed by atoms with Crippen LogP contribution in [0.1, 0.15) is 124 Å². The Morgan fingerprint density at radius 3 is 0.819 bits per heavy atom. The maximum Gasteiger partial charge on any atom is 0.294 e. The van der Waals surface area contributed by atoms with E-state index in [0.717, 1.165) is 74.2 Å². The molecule has 1 aliphatic carbocycles. The van der Waals surface area contributed by atoms with Gasteiger partial charge in [-0.1, -0.05) is 53.4 Å². The van der Waals surface area contributed by atoms with E-state index in [2.05, 4.69) is 0 Å². The van der Waals surface area contributed by atoms with E-state index in [1.807, 2.05) is 27.7 Å². The Balaban J connectivity index is 1.89. The molecule has 0 heterocycles. The first kappa shape index (κ1) is 57.6. The summed E-state index contributed by atoms with van der Waals surface area (Å²) in [6.07, 6.45) is 2.88. The van der Waals surface area contributed by atoms with E-state index >= 15 is 0 Å². The summed E-state index contributed by atoms with van der Waals surface area (Å²) in [5, 5.41) is 24.2. The molecule has 72 heavy (non-hydrogen) atoms. The van der Waals surface area contributed by atoms with Gasteiger partial charge in [0.2, 0.25) is 0 Å². The monoisotopic (exact) mass is 1080 g/mol. The van der Waals surface area contributed by atoms with E-state index in [1.165, 1.54) is 0 Å². The van der Waals surface area contributed by atoms with Gasteiger partial charge in [-0.05, 0) is 74.2 Å². The maximum atomic E-state index is 13.8. The third-order valence-corrected chi connectivity index (χ3v) is 15.5. The van der Waals surface area contributed by atoms with Gasteiger partial charge in [0, 0.05) is 96.4 Å². The number of phenolic OH excluding ortho intramolecular Hbond substituents is 2. The number of nitrogens with zero attached hydrogens (tertiary/aromatic N) is 2. The van der Waals surface area contributed by atoms with Gasteiger partial charge in [-0.25, -0.2) is 0 Å². The quantitative estimate of drug-likeness (QED) is 0.0410. The average Bonchev–Trinajstić information content (AvgIpc) is 3.28. The molecule has 24 heteroatoms. The lowest BCUT2D eigenvalue weighted by Crippen LogP contribution is -2.36. The van der Waals surface area contributed by atoms with Gasteiger partial charge in [0.05, 0.1) is 19.6 Å². The molecule has 1 aliphatic rings. The van der Waals surface area contributed by atoms with Gasteiger partial charge >= 0.3 is 0 Å². The number of aromatic hydroxyl groups is 2. The molecule has 0 aromatic heterocycles. The Hall–Kier alpha value is -5.34. The molecule has 8 bridgehead atoms. The highest BCUT2D eigenvalue weighted by atomic mass is 32.2. The predicted octanol–water partition coefficient (Wildman–Crippen LogP) is 6.38. The van der Waals surface area contributed by atoms with Crippen LogP contribution >= 0.6 is 0 Å². The molecule has 2 amide bonds. The van der Waals surface area contributed by atoms with Crippen molar-refractivity contribution in [2.75, 3.05) is 39.4 Å². The summed E-state index contributed by atoms with van der Waals surface area (Å²) in [5.41, 5.74) is -2.22. The molecule has 20 nitrogen and oxygen atoms in total. The van der Waals surface area contributed by atoms with Gasteiger partial charge in [-0.3, -0.25) is 27.8 Å². The fourth-order valence-corrected chi connectivity index (χ4v) is 10.7. The van der Waals surface area contributed by atoms with Gasteiger partial charge in [-0.2, -0.15) is 33.7 Å². The molecule has 0 unspecified atom stereocenters. The van der Waals surface area contributed by atoms with Crippen LogP contribution in [0.4, 0.5) is 0 Å². The zero-order valence-electron chi connectivity index (χ0n) is 40.5. The Labute approximate surface area is 421 Å². The molecule has 4 aromatic rings. The lowest BCUT2D eigenvalue weighted by atomic mass is 9.91. The second kappa shape index (κ2) is 24.1. The molecule has 0 saturated carbocycles. The van der Waals surface area contributed by atoms with Crippen molar-refractivity contribution in [3.8, 4) is 23.0 Å². The van der Waals surface area contributed by atoms with E-state index in [-0.39, 0.29) is 56.0 Å². The van der Waals surface area contributed by atoms with E-state index in [4.69, 9.17) is 9.47 Å². The van der Waals surface area contributed by atoms with Crippen molar-refractivity contribution >= 4 is 52.3 Å². The van der Waals surface area contributed by atoms with Gasteiger partial charge in [-0.15, -0.1) is 0 Å². The minimum Gasteiger partial charge on any atom is -0.507 e. The second-order valence-corrected chi connectivity index (χ2v) is 23.4. The summed E-state index contributed by atoms with van der Waals surface area (Å²) >= 11 is 0. The molecule has 6 N–H and O–H groups in total. The lowest BCUT2D eigenvalue weighted by Gasteiger charge is -2.25. The van der Waals surface area contributed by atoms with Crippen molar-refractivity contribution in [3.63, 3.8) is 0 Å². The number of carbonyl (C=O) groups is 2. The smallest absolute Gasteiger partial charge is 0.294 e. The number of fused-ring (bicyclic) bond motifs is 8. The maximum absolute atomic E-state index is 13.8. The number of amides is 2. The van der Waals surface area contributed by atoms with Crippen molar-refractivity contribution in [1.29, 1.82) is 0 Å². The summed E-state index contributed by atoms with van der Waals surface area (Å²) in [6, 6.07) is 7.10. The third kappa shape index (κ3) is 14.9. The summed E-state index contributed by atoms with van der Waals surface area (Å²) < 4.78 is 158. The van der Waals surface area contributed by atoms with Crippen LogP contribution in [-0.2, 0) is 75.7 Å². The Morgan fingerprint density at radius 2 is 0.625 bits per heavy atom. The molecule has 0 atom stereocenters. The van der Waals surface area contributed by atoms with E-state index < -0.39 is 122 Å². The molecule has 0 saturated heterocycles. The Morgan fingerprint density at radius 1 is 0.417 bits per heavy atom. The molecular weight excluding hydrogens is 1020 g/mol. The first-order valence-corrected chi connectivity index (χ1v) is 29.2. The van der Waals surface area contributed by atoms with Gasteiger partial charge in [0.25, 0.3) is 52.3 Å². The lowest BCUT2D eigenvalue weighted by molar-refractivity contribution is -0.134. The number of benzene rings is 4. The van der Waals surface area contributed by atoms with Crippen molar-refractivity contribution < 1.29 is 81.2 Å². The number of carbonyl (C=O) groups excluding carboxylic acids is 2. The Kier molecular flexibility index (Phi) is 19.3. The van der Waals surface area contributed by atoms with Crippen LogP contribution in [0.15, 0.2) is 68.1 Å². The first-order valence-electron chi connectivity index (χ1n) is 23.4. The van der Waals surface area contributed by atoms with E-state index in [0.29, 0.717) is 51.9 Å². The van der Waals surface area contributed by atoms with Crippen molar-refractivity contribution in [3.05, 3.63) is 93.0 Å². The normalized spacial score (nSPS) is 13.1. The van der Waals surface area contributed by atoms with Crippen LogP contribution in [-0.4, -0.2) is 123 Å². The van der Waals surface area contributed by atoms with Crippen LogP contribution in [0, 0.1) is 0 Å². The van der Waals surface area contributed by atoms with Gasteiger partial charge in [0.1, 0.15) is 23.0 Å². The second-order valence-electron chi connectivity index (χ2n) is 17.7. The number of ether oxygens (including phenoxy) is 2. The minimum atomic E-state index is -5.14. The van der Waals surface area contributed by atoms with Crippen LogP contribution < -0.4 is 9.47 Å². The third-order valence-electron chi connectivity index (χ3n) is 12.1. The van der Waals surface area contributed by atoms with E-state index in [9.17, 15) is 71.7 Å². The number of hydrogen-bond acceptors (Lipinski definition) is 14. The topological polar surface area (TPSA) is 317 Å². The van der Waals surface area contributed by atoms with Gasteiger partial charge < -0.3 is 29.5 Å². The standard InChI is InChI=1S/C48H62N2O18S4/c1-5-9-13-49(14-10-6-2)43(51)29-67-47-35-17-31-21-39(69(55,56)57)23-33(45(31)53)19-37-27-42(72(64,65)66)28-38(48(37)68-30-44(52)50(15-11-7-3)16-12-8-4)20-34-24-40(70(58,59)60)22-32(46(34)54)18-36(47)26-41(25-35)71(61,62)63/h21-28,53-54H,5-20,29-30H2,1-4H3,(H,55,56,57)(H,58,59,60)(H,61,62,63)(H,64,65,66). The molecule has 0 spiro atoms. The highest BCUT2D eigenvalue weighted by Crippen LogP contribution is 2.41. The minimum absolute atomic E-state index is 0.220. The highest BCUT2D eigenvalue weighted by molar-refractivity contribution is 7.86. The molecule has 4 aromatic carbocycles. The largest absolute Gasteiger partial charge is 0.507 e. The summed E-state index contributed by atoms with van der Waals surface area (Å²) in [4.78, 5) is 27.6. The van der Waals surface area contributed by atoms with Crippen LogP contribution in [0.25, 0.3) is 0 Å². The Bertz CT molecular complexity index is 2800. The fourth-order valence-electron chi connectivity index (χ4n) is 8.32. The van der Waals surface area contributed by atoms with Crippen LogP contribution in [0.5, 0.6) is 23.0 Å². The summed E-state index contributed by atoms with van der Waals surface area (Å²) in [5.74, 6) is -2.92. The predicted molar refractivity (Wildman–Crippen MR) is 263 cm³/mol. The van der Waals surface area contributed by atoms with Crippen LogP contribution in [0.3, 0.4) is 0 Å². The number of unbranched alkanes of at least 4 members (excludes halogenated alkanes) is 4. The van der Waals surface area contributed by atoms with Gasteiger partial charge in [0.15, 0.2) is 13.2 Å². The summed E-state index contributed by atoms with van der Waals surface area (Å²) in [6.45, 7) is 7.87. The summed E-state index contributed by atoms with van der Waals surface area (Å²) in [7, 11) is -20.6. The van der Waals surface area contributed by atoms with Crippen molar-refractivity contribution in [1.82, 2.24) is 9.80 Å². The van der Waals surface area contributed by atoms with Crippen molar-refractivity contribution in [2.45, 2.75) is 124 Å². The molecule has 0 fully saturated rings. The SMILES string of the molecule is CCCCN(CCCC)C(=O)COc1c2cc(S(=O)(=O)O)cc1Cc1cc(S(=O)(=O)O)cc(c1O)Cc1cc(S(=O)(=O)O)cc(c1OCC(=O)N(CCCC)CCCC)Cc1cc(S(=O)(=O)O)cc(c1O)C2. The molecule has 5 rings (SSSR count). The highest BCUT2D eigenvalue weighted by Gasteiger charge is 2.29. The van der Waals surface area contributed by atoms with Crippen molar-refractivity contribution in [2.24, 2.45) is 0 Å². The fraction of sp³-hybridized carbons (Fsp3) is 0.458. The van der Waals surface area contributed by atoms with E-state index in [1.54, 1.807) is 9.80 Å². The molecule has 396 valence electrons. The zero-order valence-corrected chi connectivity index (χ0v) is 43.7. The molecule has 0 radical (unpaired) electrons. The number of rotatable bonds is 22. The molecular formula is C48H62N2O18S4. The number of hydrogen-bond donors (Lipinski definition) is 6. The molecule has 0 aliphatic heterocycles. The number of phenols is 2. The van der Waals surface area contributed by atoms with Crippen LogP contribution in [0.2, 0.25) is 0 Å². The average molecular weight is 1080 g/mol. The first-order chi connectivity index (χ1) is 33.7.